The van der Waals surface area contributed by atoms with E-state index in [0.29, 0.717) is 13.1 Å². The smallest absolute Gasteiger partial charge is 0.227 e. The molecule has 4 rings (SSSR count). The van der Waals surface area contributed by atoms with E-state index in [1.54, 1.807) is 18.5 Å². The fraction of sp³-hybridized carbons (Fsp3) is 0.417. The van der Waals surface area contributed by atoms with E-state index in [-0.39, 0.29) is 18.1 Å². The molecule has 6 nitrogen and oxygen atoms in total. The van der Waals surface area contributed by atoms with E-state index in [0.717, 1.165) is 67.0 Å². The van der Waals surface area contributed by atoms with Gasteiger partial charge in [0, 0.05) is 61.7 Å². The summed E-state index contributed by atoms with van der Waals surface area (Å²) in [5.74, 6) is -0.244. The fourth-order valence-corrected chi connectivity index (χ4v) is 4.16. The fourth-order valence-electron chi connectivity index (χ4n) is 4.16. The highest BCUT2D eigenvalue weighted by Gasteiger charge is 2.19. The topological polar surface area (TPSA) is 61.5 Å². The lowest BCUT2D eigenvalue weighted by atomic mass is 10.1. The van der Waals surface area contributed by atoms with E-state index in [1.165, 1.54) is 12.1 Å². The molecule has 7 heteroatoms. The zero-order chi connectivity index (χ0) is 21.6. The maximum atomic E-state index is 13.8. The number of halogens is 1. The van der Waals surface area contributed by atoms with Crippen LogP contribution in [0.4, 0.5) is 4.39 Å². The summed E-state index contributed by atoms with van der Waals surface area (Å²) in [7, 11) is 0. The number of fused-ring (bicyclic) bond motifs is 1. The van der Waals surface area contributed by atoms with Crippen molar-refractivity contribution in [3.05, 3.63) is 65.4 Å². The first-order valence-electron chi connectivity index (χ1n) is 10.8. The number of aromatic nitrogens is 2. The standard InChI is InChI=1S/C24H29FN4O2/c1-18-21(22-15-20(25)3-4-23(22)27-18)16-24(30)29(17-19-5-7-26-8-6-19)10-2-9-28-11-13-31-14-12-28/h3-8,15,27H,2,9-14,16-17H2,1H3. The van der Waals surface area contributed by atoms with E-state index in [4.69, 9.17) is 4.74 Å². The number of pyridine rings is 1. The minimum Gasteiger partial charge on any atom is -0.379 e. The summed E-state index contributed by atoms with van der Waals surface area (Å²) in [5, 5.41) is 0.781. The molecule has 0 unspecified atom stereocenters. The number of hydrogen-bond acceptors (Lipinski definition) is 4. The number of benzene rings is 1. The number of rotatable bonds is 8. The molecule has 0 radical (unpaired) electrons. The third kappa shape index (κ3) is 5.48. The van der Waals surface area contributed by atoms with Crippen LogP contribution in [0.15, 0.2) is 42.7 Å². The van der Waals surface area contributed by atoms with Crippen molar-refractivity contribution in [1.29, 1.82) is 0 Å². The lowest BCUT2D eigenvalue weighted by Gasteiger charge is -2.28. The van der Waals surface area contributed by atoms with Crippen molar-refractivity contribution in [2.24, 2.45) is 0 Å². The monoisotopic (exact) mass is 424 g/mol. The molecule has 2 aromatic heterocycles. The Kier molecular flexibility index (Phi) is 6.94. The zero-order valence-electron chi connectivity index (χ0n) is 17.9. The Balaban J connectivity index is 1.47. The second-order valence-electron chi connectivity index (χ2n) is 8.07. The van der Waals surface area contributed by atoms with Crippen molar-refractivity contribution in [2.45, 2.75) is 26.3 Å². The summed E-state index contributed by atoms with van der Waals surface area (Å²) in [6.07, 6.45) is 4.65. The van der Waals surface area contributed by atoms with E-state index in [2.05, 4.69) is 14.9 Å². The summed E-state index contributed by atoms with van der Waals surface area (Å²) in [5.41, 5.74) is 3.68. The van der Waals surface area contributed by atoms with Crippen molar-refractivity contribution < 1.29 is 13.9 Å². The third-order valence-electron chi connectivity index (χ3n) is 5.89. The van der Waals surface area contributed by atoms with Gasteiger partial charge >= 0.3 is 0 Å². The van der Waals surface area contributed by atoms with Crippen LogP contribution in [0.5, 0.6) is 0 Å². The Morgan fingerprint density at radius 3 is 2.77 bits per heavy atom. The highest BCUT2D eigenvalue weighted by Crippen LogP contribution is 2.24. The predicted octanol–water partition coefficient (Wildman–Crippen LogP) is 3.30. The van der Waals surface area contributed by atoms with Gasteiger partial charge in [-0.3, -0.25) is 14.7 Å². The summed E-state index contributed by atoms with van der Waals surface area (Å²) >= 11 is 0. The van der Waals surface area contributed by atoms with Gasteiger partial charge in [0.15, 0.2) is 0 Å². The van der Waals surface area contributed by atoms with Crippen LogP contribution < -0.4 is 0 Å². The summed E-state index contributed by atoms with van der Waals surface area (Å²) < 4.78 is 19.2. The van der Waals surface area contributed by atoms with Gasteiger partial charge in [-0.05, 0) is 54.8 Å². The Bertz CT molecular complexity index is 1020. The zero-order valence-corrected chi connectivity index (χ0v) is 17.9. The lowest BCUT2D eigenvalue weighted by molar-refractivity contribution is -0.131. The van der Waals surface area contributed by atoms with Crippen LogP contribution in [0, 0.1) is 12.7 Å². The number of ether oxygens (including phenoxy) is 1. The van der Waals surface area contributed by atoms with Gasteiger partial charge in [-0.1, -0.05) is 0 Å². The first-order chi connectivity index (χ1) is 15.1. The molecule has 0 saturated carbocycles. The second kappa shape index (κ2) is 10.0. The quantitative estimate of drug-likeness (QED) is 0.603. The first kappa shape index (κ1) is 21.5. The molecule has 3 heterocycles. The average Bonchev–Trinajstić information content (AvgIpc) is 3.09. The number of amides is 1. The number of carbonyl (C=O) groups is 1. The molecule has 0 spiro atoms. The van der Waals surface area contributed by atoms with Crippen molar-refractivity contribution in [1.82, 2.24) is 19.8 Å². The van der Waals surface area contributed by atoms with Gasteiger partial charge in [-0.2, -0.15) is 0 Å². The molecule has 1 N–H and O–H groups in total. The molecule has 31 heavy (non-hydrogen) atoms. The SMILES string of the molecule is Cc1[nH]c2ccc(F)cc2c1CC(=O)N(CCCN1CCOCC1)Cc1ccncc1. The van der Waals surface area contributed by atoms with Gasteiger partial charge in [0.25, 0.3) is 0 Å². The molecular weight excluding hydrogens is 395 g/mol. The Morgan fingerprint density at radius 2 is 2.00 bits per heavy atom. The van der Waals surface area contributed by atoms with E-state index in [1.807, 2.05) is 24.0 Å². The molecule has 164 valence electrons. The molecule has 1 aliphatic heterocycles. The number of morpholine rings is 1. The number of aryl methyl sites for hydroxylation is 1. The predicted molar refractivity (Wildman–Crippen MR) is 118 cm³/mol. The van der Waals surface area contributed by atoms with Gasteiger partial charge in [0.05, 0.1) is 19.6 Å². The number of aromatic amines is 1. The summed E-state index contributed by atoms with van der Waals surface area (Å²) in [6.45, 7) is 7.53. The van der Waals surface area contributed by atoms with Gasteiger partial charge < -0.3 is 14.6 Å². The molecule has 1 amide bonds. The molecule has 0 atom stereocenters. The summed E-state index contributed by atoms with van der Waals surface area (Å²) in [4.78, 5) is 25.0. The first-order valence-corrected chi connectivity index (χ1v) is 10.8. The number of H-pyrrole nitrogens is 1. The van der Waals surface area contributed by atoms with Crippen LogP contribution in [0.3, 0.4) is 0 Å². The van der Waals surface area contributed by atoms with Gasteiger partial charge in [0.1, 0.15) is 5.82 Å². The highest BCUT2D eigenvalue weighted by atomic mass is 19.1. The van der Waals surface area contributed by atoms with E-state index in [9.17, 15) is 9.18 Å². The average molecular weight is 425 g/mol. The Morgan fingerprint density at radius 1 is 1.23 bits per heavy atom. The van der Waals surface area contributed by atoms with Crippen molar-refractivity contribution in [3.8, 4) is 0 Å². The maximum Gasteiger partial charge on any atom is 0.227 e. The van der Waals surface area contributed by atoms with Crippen LogP contribution in [-0.2, 0) is 22.5 Å². The molecule has 3 aromatic rings. The molecule has 1 fully saturated rings. The van der Waals surface area contributed by atoms with E-state index >= 15 is 0 Å². The van der Waals surface area contributed by atoms with Crippen LogP contribution in [0.1, 0.15) is 23.2 Å². The van der Waals surface area contributed by atoms with Gasteiger partial charge in [-0.25, -0.2) is 4.39 Å². The van der Waals surface area contributed by atoms with Crippen molar-refractivity contribution >= 4 is 16.8 Å². The number of nitrogens with one attached hydrogen (secondary N) is 1. The largest absolute Gasteiger partial charge is 0.379 e. The number of hydrogen-bond donors (Lipinski definition) is 1. The third-order valence-corrected chi connectivity index (χ3v) is 5.89. The van der Waals surface area contributed by atoms with Gasteiger partial charge in [0.2, 0.25) is 5.91 Å². The molecule has 1 aromatic carbocycles. The maximum absolute atomic E-state index is 13.8. The lowest BCUT2D eigenvalue weighted by Crippen LogP contribution is -2.39. The van der Waals surface area contributed by atoms with Gasteiger partial charge in [-0.15, -0.1) is 0 Å². The second-order valence-corrected chi connectivity index (χ2v) is 8.07. The van der Waals surface area contributed by atoms with Crippen molar-refractivity contribution in [2.75, 3.05) is 39.4 Å². The van der Waals surface area contributed by atoms with Crippen LogP contribution >= 0.6 is 0 Å². The highest BCUT2D eigenvalue weighted by molar-refractivity contribution is 5.90. The molecule has 0 aliphatic carbocycles. The number of nitrogens with zero attached hydrogens (tertiary/aromatic N) is 3. The van der Waals surface area contributed by atoms with Crippen molar-refractivity contribution in [3.63, 3.8) is 0 Å². The Hall–Kier alpha value is -2.77. The molecule has 1 saturated heterocycles. The van der Waals surface area contributed by atoms with Crippen LogP contribution in [0.25, 0.3) is 10.9 Å². The minimum atomic E-state index is -0.292. The van der Waals surface area contributed by atoms with E-state index < -0.39 is 0 Å². The van der Waals surface area contributed by atoms with Crippen LogP contribution in [-0.4, -0.2) is 65.1 Å². The normalized spacial score (nSPS) is 14.8. The molecule has 1 aliphatic rings. The molecule has 0 bridgehead atoms. The summed E-state index contributed by atoms with van der Waals surface area (Å²) in [6, 6.07) is 8.55. The Labute approximate surface area is 182 Å². The molecular formula is C24H29FN4O2. The number of carbonyl (C=O) groups excluding carboxylic acids is 1. The van der Waals surface area contributed by atoms with Crippen LogP contribution in [0.2, 0.25) is 0 Å². The minimum absolute atomic E-state index is 0.0482.